The van der Waals surface area contributed by atoms with Crippen molar-refractivity contribution in [2.75, 3.05) is 13.1 Å². The van der Waals surface area contributed by atoms with Crippen molar-refractivity contribution < 1.29 is 9.53 Å². The molecule has 1 unspecified atom stereocenters. The lowest BCUT2D eigenvalue weighted by atomic mass is 10.1. The van der Waals surface area contributed by atoms with Gasteiger partial charge in [0.1, 0.15) is 11.9 Å². The first kappa shape index (κ1) is 15.6. The first-order valence-corrected chi connectivity index (χ1v) is 8.98. The maximum Gasteiger partial charge on any atom is 0.255 e. The maximum absolute atomic E-state index is 12.9. The molecule has 4 nitrogen and oxygen atoms in total. The molecule has 2 fully saturated rings. The van der Waals surface area contributed by atoms with Crippen LogP contribution in [0.5, 0.6) is 5.75 Å². The minimum Gasteiger partial charge on any atom is -0.487 e. The molecule has 1 N–H and O–H groups in total. The monoisotopic (exact) mass is 344 g/mol. The molecule has 1 aliphatic carbocycles. The zero-order valence-electron chi connectivity index (χ0n) is 13.5. The van der Waals surface area contributed by atoms with Crippen LogP contribution in [0.25, 0.3) is 0 Å². The van der Waals surface area contributed by atoms with Gasteiger partial charge in [-0.2, -0.15) is 0 Å². The van der Waals surface area contributed by atoms with Crippen LogP contribution in [0.3, 0.4) is 0 Å². The third-order valence-corrected chi connectivity index (χ3v) is 5.10. The van der Waals surface area contributed by atoms with Crippen LogP contribution in [0, 0.1) is 0 Å². The maximum atomic E-state index is 12.9. The molecule has 126 valence electrons. The van der Waals surface area contributed by atoms with E-state index in [4.69, 9.17) is 16.3 Å². The standard InChI is InChI=1S/C19H21ClN2O2/c20-16-5-1-2-6-17(16)24-14-4-3-11-22(12-14)19(23)15-9-10-21-18(15)13-7-8-13/h1-2,5-6,9-10,13-14,21H,3-4,7-8,11-12H2. The normalized spacial score (nSPS) is 20.9. The zero-order valence-corrected chi connectivity index (χ0v) is 14.3. The van der Waals surface area contributed by atoms with Gasteiger partial charge in [0.15, 0.2) is 0 Å². The minimum absolute atomic E-state index is 0.00841. The fraction of sp³-hybridized carbons (Fsp3) is 0.421. The number of carbonyl (C=O) groups excluding carboxylic acids is 1. The molecule has 1 aromatic carbocycles. The van der Waals surface area contributed by atoms with Crippen molar-refractivity contribution in [3.05, 3.63) is 52.8 Å². The molecule has 4 rings (SSSR count). The van der Waals surface area contributed by atoms with Gasteiger partial charge in [-0.15, -0.1) is 0 Å². The summed E-state index contributed by atoms with van der Waals surface area (Å²) in [5.41, 5.74) is 1.94. The van der Waals surface area contributed by atoms with Gasteiger partial charge in [-0.25, -0.2) is 0 Å². The van der Waals surface area contributed by atoms with Gasteiger partial charge in [-0.1, -0.05) is 23.7 Å². The van der Waals surface area contributed by atoms with E-state index in [0.717, 1.165) is 30.6 Å². The van der Waals surface area contributed by atoms with Crippen LogP contribution in [0.4, 0.5) is 0 Å². The molecule has 5 heteroatoms. The molecule has 2 aliphatic rings. The van der Waals surface area contributed by atoms with Crippen molar-refractivity contribution >= 4 is 17.5 Å². The summed E-state index contributed by atoms with van der Waals surface area (Å²) in [5, 5.41) is 0.614. The van der Waals surface area contributed by atoms with Crippen molar-refractivity contribution in [2.45, 2.75) is 37.7 Å². The highest BCUT2D eigenvalue weighted by molar-refractivity contribution is 6.32. The zero-order chi connectivity index (χ0) is 16.5. The highest BCUT2D eigenvalue weighted by atomic mass is 35.5. The van der Waals surface area contributed by atoms with E-state index in [0.29, 0.717) is 23.2 Å². The molecule has 0 spiro atoms. The van der Waals surface area contributed by atoms with Crippen molar-refractivity contribution in [2.24, 2.45) is 0 Å². The molecule has 0 bridgehead atoms. The molecule has 1 saturated carbocycles. The first-order chi connectivity index (χ1) is 11.7. The van der Waals surface area contributed by atoms with Gasteiger partial charge in [0.25, 0.3) is 5.91 Å². The third kappa shape index (κ3) is 3.16. The van der Waals surface area contributed by atoms with Gasteiger partial charge in [0.2, 0.25) is 0 Å². The van der Waals surface area contributed by atoms with E-state index in [1.807, 2.05) is 41.4 Å². The predicted molar refractivity (Wildman–Crippen MR) is 93.8 cm³/mol. The summed E-state index contributed by atoms with van der Waals surface area (Å²) >= 11 is 6.18. The van der Waals surface area contributed by atoms with Crippen LogP contribution in [0.15, 0.2) is 36.5 Å². The summed E-state index contributed by atoms with van der Waals surface area (Å²) in [6.45, 7) is 1.40. The Hall–Kier alpha value is -1.94. The Bertz CT molecular complexity index is 738. The molecule has 2 aromatic rings. The number of halogens is 1. The number of carbonyl (C=O) groups is 1. The number of para-hydroxylation sites is 1. The molecule has 1 aliphatic heterocycles. The lowest BCUT2D eigenvalue weighted by Crippen LogP contribution is -2.44. The molecule has 1 aromatic heterocycles. The number of likely N-dealkylation sites (tertiary alicyclic amines) is 1. The summed E-state index contributed by atoms with van der Waals surface area (Å²) in [5.74, 6) is 1.35. The van der Waals surface area contributed by atoms with Gasteiger partial charge in [0, 0.05) is 18.4 Å². The molecule has 1 amide bonds. The number of piperidine rings is 1. The quantitative estimate of drug-likeness (QED) is 0.902. The summed E-state index contributed by atoms with van der Waals surface area (Å²) in [6, 6.07) is 9.41. The molecular formula is C19H21ClN2O2. The van der Waals surface area contributed by atoms with E-state index < -0.39 is 0 Å². The minimum atomic E-state index is -0.00841. The number of aromatic nitrogens is 1. The molecule has 1 atom stereocenters. The van der Waals surface area contributed by atoms with E-state index in [2.05, 4.69) is 4.98 Å². The summed E-state index contributed by atoms with van der Waals surface area (Å²) in [6.07, 6.45) is 6.12. The van der Waals surface area contributed by atoms with Gasteiger partial charge in [0.05, 0.1) is 17.1 Å². The lowest BCUT2D eigenvalue weighted by molar-refractivity contribution is 0.0537. The Morgan fingerprint density at radius 1 is 1.21 bits per heavy atom. The third-order valence-electron chi connectivity index (χ3n) is 4.79. The molecule has 1 saturated heterocycles. The van der Waals surface area contributed by atoms with E-state index in [1.165, 1.54) is 12.8 Å². The van der Waals surface area contributed by atoms with E-state index >= 15 is 0 Å². The van der Waals surface area contributed by atoms with E-state index in [1.54, 1.807) is 0 Å². The second kappa shape index (κ2) is 6.52. The number of aromatic amines is 1. The Labute approximate surface area is 146 Å². The van der Waals surface area contributed by atoms with Gasteiger partial charge in [-0.3, -0.25) is 4.79 Å². The molecule has 2 heterocycles. The van der Waals surface area contributed by atoms with E-state index in [9.17, 15) is 4.79 Å². The second-order valence-corrected chi connectivity index (χ2v) is 7.05. The highest BCUT2D eigenvalue weighted by Gasteiger charge is 2.32. The largest absolute Gasteiger partial charge is 0.487 e. The van der Waals surface area contributed by atoms with Crippen LogP contribution in [-0.4, -0.2) is 35.0 Å². The molecule has 0 radical (unpaired) electrons. The topological polar surface area (TPSA) is 45.3 Å². The van der Waals surface area contributed by atoms with Gasteiger partial charge < -0.3 is 14.6 Å². The number of H-pyrrole nitrogens is 1. The van der Waals surface area contributed by atoms with Crippen LogP contribution in [0.1, 0.15) is 47.7 Å². The lowest BCUT2D eigenvalue weighted by Gasteiger charge is -2.33. The number of amides is 1. The number of nitrogens with one attached hydrogen (secondary N) is 1. The molecule has 24 heavy (non-hydrogen) atoms. The first-order valence-electron chi connectivity index (χ1n) is 8.60. The number of rotatable bonds is 4. The number of benzene rings is 1. The van der Waals surface area contributed by atoms with Crippen LogP contribution >= 0.6 is 11.6 Å². The number of nitrogens with zero attached hydrogens (tertiary/aromatic N) is 1. The Morgan fingerprint density at radius 3 is 2.83 bits per heavy atom. The number of hydrogen-bond acceptors (Lipinski definition) is 2. The summed E-state index contributed by atoms with van der Waals surface area (Å²) in [4.78, 5) is 18.1. The SMILES string of the molecule is O=C(c1cc[nH]c1C1CC1)N1CCCC(Oc2ccccc2Cl)C1. The highest BCUT2D eigenvalue weighted by Crippen LogP contribution is 2.41. The van der Waals surface area contributed by atoms with Crippen molar-refractivity contribution in [3.8, 4) is 5.75 Å². The van der Waals surface area contributed by atoms with Crippen molar-refractivity contribution in [3.63, 3.8) is 0 Å². The van der Waals surface area contributed by atoms with Gasteiger partial charge >= 0.3 is 0 Å². The van der Waals surface area contributed by atoms with Crippen LogP contribution < -0.4 is 4.74 Å². The fourth-order valence-corrected chi connectivity index (χ4v) is 3.57. The number of ether oxygens (including phenoxy) is 1. The van der Waals surface area contributed by atoms with E-state index in [-0.39, 0.29) is 12.0 Å². The average molecular weight is 345 g/mol. The predicted octanol–water partition coefficient (Wildman–Crippen LogP) is 4.23. The van der Waals surface area contributed by atoms with Crippen molar-refractivity contribution in [1.82, 2.24) is 9.88 Å². The average Bonchev–Trinajstić information content (AvgIpc) is 3.33. The van der Waals surface area contributed by atoms with Crippen LogP contribution in [0.2, 0.25) is 5.02 Å². The Balaban J connectivity index is 1.45. The van der Waals surface area contributed by atoms with Crippen LogP contribution in [-0.2, 0) is 0 Å². The summed E-state index contributed by atoms with van der Waals surface area (Å²) in [7, 11) is 0. The second-order valence-electron chi connectivity index (χ2n) is 6.64. The number of hydrogen-bond donors (Lipinski definition) is 1. The summed E-state index contributed by atoms with van der Waals surface area (Å²) < 4.78 is 6.04. The van der Waals surface area contributed by atoms with Gasteiger partial charge in [-0.05, 0) is 49.8 Å². The fourth-order valence-electron chi connectivity index (χ4n) is 3.39. The Kier molecular flexibility index (Phi) is 4.23. The smallest absolute Gasteiger partial charge is 0.255 e. The van der Waals surface area contributed by atoms with Crippen molar-refractivity contribution in [1.29, 1.82) is 0 Å². The molecular weight excluding hydrogens is 324 g/mol. The Morgan fingerprint density at radius 2 is 2.04 bits per heavy atom.